The van der Waals surface area contributed by atoms with Gasteiger partial charge in [-0.2, -0.15) is 13.5 Å². The van der Waals surface area contributed by atoms with Crippen LogP contribution in [0, 0.1) is 0 Å². The van der Waals surface area contributed by atoms with Crippen LogP contribution in [0.4, 0.5) is 28.4 Å². The molecule has 46 heavy (non-hydrogen) atoms. The van der Waals surface area contributed by atoms with E-state index in [4.69, 9.17) is 10.8 Å². The number of hydrogen-bond acceptors (Lipinski definition) is 10. The summed E-state index contributed by atoms with van der Waals surface area (Å²) in [6.45, 7) is 0. The van der Waals surface area contributed by atoms with E-state index in [1.807, 2.05) is 0 Å². The fourth-order valence-electron chi connectivity index (χ4n) is 4.34. The first-order chi connectivity index (χ1) is 21.8. The minimum atomic E-state index is -4.91. The van der Waals surface area contributed by atoms with Gasteiger partial charge in [-0.3, -0.25) is 14.1 Å². The van der Waals surface area contributed by atoms with Crippen molar-refractivity contribution < 1.29 is 42.7 Å². The van der Waals surface area contributed by atoms with Gasteiger partial charge in [-0.15, -0.1) is 5.11 Å². The molecule has 232 valence electrons. The normalized spacial score (nSPS) is 11.4. The molecule has 14 nitrogen and oxygen atoms in total. The summed E-state index contributed by atoms with van der Waals surface area (Å²) in [6, 6.07) is 20.6. The number of amides is 2. The van der Waals surface area contributed by atoms with Crippen LogP contribution in [0.3, 0.4) is 0 Å². The Bertz CT molecular complexity index is 2170. The predicted molar refractivity (Wildman–Crippen MR) is 168 cm³/mol. The van der Waals surface area contributed by atoms with Crippen LogP contribution in [0.25, 0.3) is 10.8 Å². The van der Waals surface area contributed by atoms with Gasteiger partial charge in [0, 0.05) is 33.6 Å². The Hall–Kier alpha value is -6.32. The molecule has 0 aliphatic carbocycles. The lowest BCUT2D eigenvalue weighted by Gasteiger charge is -2.11. The number of carboxylic acid groups (broad SMARTS) is 1. The number of carbonyl (C=O) groups is 3. The molecule has 0 spiro atoms. The highest BCUT2D eigenvalue weighted by molar-refractivity contribution is 7.86. The van der Waals surface area contributed by atoms with Crippen molar-refractivity contribution in [1.82, 2.24) is 0 Å². The van der Waals surface area contributed by atoms with Crippen molar-refractivity contribution in [1.29, 1.82) is 0 Å². The molecule has 2 amide bonds. The van der Waals surface area contributed by atoms with Gasteiger partial charge in [-0.05, 0) is 96.4 Å². The number of nitrogens with one attached hydrogen (secondary N) is 2. The number of aromatic hydroxyl groups is 2. The van der Waals surface area contributed by atoms with Gasteiger partial charge in [0.05, 0.1) is 5.69 Å². The number of fused-ring (bicyclic) bond motifs is 1. The van der Waals surface area contributed by atoms with Gasteiger partial charge in [-0.1, -0.05) is 0 Å². The lowest BCUT2D eigenvalue weighted by Crippen LogP contribution is -2.12. The molecule has 0 saturated heterocycles. The topological polar surface area (TPSA) is 241 Å². The van der Waals surface area contributed by atoms with Gasteiger partial charge < -0.3 is 31.7 Å². The zero-order chi connectivity index (χ0) is 33.2. The molecule has 8 N–H and O–H groups in total. The van der Waals surface area contributed by atoms with Gasteiger partial charge in [0.25, 0.3) is 21.9 Å². The van der Waals surface area contributed by atoms with Gasteiger partial charge in [-0.25, -0.2) is 4.79 Å². The quantitative estimate of drug-likeness (QED) is 0.0472. The number of rotatable bonds is 8. The highest BCUT2D eigenvalue weighted by Gasteiger charge is 2.22. The predicted octanol–water partition coefficient (Wildman–Crippen LogP) is 5.70. The first-order valence-electron chi connectivity index (χ1n) is 13.1. The van der Waals surface area contributed by atoms with Crippen LogP contribution in [-0.2, 0) is 10.1 Å². The number of nitrogens with two attached hydrogens (primary N) is 1. The number of azo groups is 1. The van der Waals surface area contributed by atoms with E-state index in [1.165, 1.54) is 60.7 Å². The maximum atomic E-state index is 12.6. The first kappa shape index (κ1) is 31.1. The molecular formula is C31H23N5O9S. The zero-order valence-electron chi connectivity index (χ0n) is 23.4. The van der Waals surface area contributed by atoms with E-state index in [-0.39, 0.29) is 33.4 Å². The fourth-order valence-corrected chi connectivity index (χ4v) is 4.99. The average molecular weight is 642 g/mol. The van der Waals surface area contributed by atoms with Crippen molar-refractivity contribution >= 4 is 67.1 Å². The maximum absolute atomic E-state index is 12.6. The van der Waals surface area contributed by atoms with Crippen LogP contribution in [0.2, 0.25) is 0 Å². The molecule has 5 aromatic rings. The molecule has 0 aromatic heterocycles. The Morgan fingerprint density at radius 2 is 1.28 bits per heavy atom. The number of hydrogen-bond donors (Lipinski definition) is 7. The number of phenolic OH excluding ortho intramolecular Hbond substituents is 1. The number of aromatic carboxylic acids is 1. The molecule has 5 aromatic carbocycles. The summed E-state index contributed by atoms with van der Waals surface area (Å²) in [7, 11) is -4.91. The van der Waals surface area contributed by atoms with Crippen molar-refractivity contribution in [2.45, 2.75) is 4.90 Å². The first-order valence-corrected chi connectivity index (χ1v) is 14.6. The van der Waals surface area contributed by atoms with Crippen LogP contribution in [0.1, 0.15) is 31.1 Å². The highest BCUT2D eigenvalue weighted by Crippen LogP contribution is 2.42. The van der Waals surface area contributed by atoms with E-state index >= 15 is 0 Å². The third kappa shape index (κ3) is 6.75. The summed E-state index contributed by atoms with van der Waals surface area (Å²) in [5.74, 6) is -3.49. The molecule has 0 aliphatic rings. The van der Waals surface area contributed by atoms with Gasteiger partial charge in [0.2, 0.25) is 0 Å². The highest BCUT2D eigenvalue weighted by atomic mass is 32.2. The third-order valence-corrected chi connectivity index (χ3v) is 7.51. The van der Waals surface area contributed by atoms with Crippen molar-refractivity contribution in [3.05, 3.63) is 108 Å². The Kier molecular flexibility index (Phi) is 8.35. The molecule has 0 aliphatic heterocycles. The van der Waals surface area contributed by atoms with Crippen molar-refractivity contribution in [2.75, 3.05) is 16.4 Å². The van der Waals surface area contributed by atoms with Gasteiger partial charge >= 0.3 is 5.97 Å². The molecule has 0 fully saturated rings. The van der Waals surface area contributed by atoms with Crippen LogP contribution < -0.4 is 16.4 Å². The Labute approximate surface area is 260 Å². The second kappa shape index (κ2) is 12.4. The monoisotopic (exact) mass is 641 g/mol. The molecule has 0 heterocycles. The summed E-state index contributed by atoms with van der Waals surface area (Å²) in [4.78, 5) is 35.7. The van der Waals surface area contributed by atoms with E-state index in [0.717, 1.165) is 18.2 Å². The second-order valence-corrected chi connectivity index (χ2v) is 11.2. The lowest BCUT2D eigenvalue weighted by molar-refractivity contribution is 0.0693. The number of phenols is 2. The molecule has 15 heteroatoms. The summed E-state index contributed by atoms with van der Waals surface area (Å²) < 4.78 is 34.4. The molecule has 0 unspecified atom stereocenters. The minimum Gasteiger partial charge on any atom is -0.507 e. The molecule has 0 atom stereocenters. The zero-order valence-corrected chi connectivity index (χ0v) is 24.2. The average Bonchev–Trinajstić information content (AvgIpc) is 3.01. The van der Waals surface area contributed by atoms with E-state index < -0.39 is 55.5 Å². The number of nitrogen functional groups attached to an aromatic ring is 1. The van der Waals surface area contributed by atoms with Gasteiger partial charge in [0.15, 0.2) is 5.75 Å². The second-order valence-electron chi connectivity index (χ2n) is 9.80. The molecular weight excluding hydrogens is 618 g/mol. The molecule has 0 bridgehead atoms. The number of anilines is 3. The summed E-state index contributed by atoms with van der Waals surface area (Å²) in [5.41, 5.74) is 6.23. The molecule has 5 rings (SSSR count). The van der Waals surface area contributed by atoms with E-state index in [1.54, 1.807) is 12.1 Å². The minimum absolute atomic E-state index is 0.129. The number of carbonyl (C=O) groups excluding carboxylic acids is 2. The van der Waals surface area contributed by atoms with Crippen LogP contribution in [0.15, 0.2) is 106 Å². The van der Waals surface area contributed by atoms with E-state index in [2.05, 4.69) is 20.9 Å². The molecule has 0 radical (unpaired) electrons. The maximum Gasteiger partial charge on any atom is 0.339 e. The molecule has 0 saturated carbocycles. The number of benzene rings is 5. The lowest BCUT2D eigenvalue weighted by atomic mass is 10.1. The van der Waals surface area contributed by atoms with Crippen molar-refractivity contribution in [3.63, 3.8) is 0 Å². The van der Waals surface area contributed by atoms with E-state index in [9.17, 15) is 37.6 Å². The largest absolute Gasteiger partial charge is 0.507 e. The summed E-state index contributed by atoms with van der Waals surface area (Å²) in [6.07, 6.45) is 0. The number of nitrogens with zero attached hydrogens (tertiary/aromatic N) is 2. The smallest absolute Gasteiger partial charge is 0.339 e. The number of carboxylic acids is 1. The SMILES string of the molecule is Nc1ccc(C(=O)Nc2ccc3c(O)c(N=Nc4ccc(C(=O)Nc5ccc(O)c(C(=O)O)c5)cc4)c(S(=O)(=O)O)cc3c2)cc1. The fraction of sp³-hybridized carbons (Fsp3) is 0. The van der Waals surface area contributed by atoms with Crippen LogP contribution >= 0.6 is 0 Å². The van der Waals surface area contributed by atoms with Crippen LogP contribution in [0.5, 0.6) is 11.5 Å². The summed E-state index contributed by atoms with van der Waals surface area (Å²) >= 11 is 0. The third-order valence-electron chi connectivity index (χ3n) is 6.64. The Balaban J connectivity index is 1.39. The van der Waals surface area contributed by atoms with E-state index in [0.29, 0.717) is 11.3 Å². The van der Waals surface area contributed by atoms with Crippen LogP contribution in [-0.4, -0.2) is 46.1 Å². The Morgan fingerprint density at radius 1 is 0.717 bits per heavy atom. The van der Waals surface area contributed by atoms with Crippen molar-refractivity contribution in [2.24, 2.45) is 10.2 Å². The summed E-state index contributed by atoms with van der Waals surface area (Å²) in [5, 5.41) is 43.0. The standard InChI is InChI=1S/C31H23N5O9S/c32-19-5-1-16(2-6-19)29(39)33-21-9-11-23-18(13-21)14-26(46(43,44)45)27(28(23)38)36-35-20-7-3-17(4-8-20)30(40)34-22-10-12-25(37)24(15-22)31(41)42/h1-15,37-38H,32H2,(H,33,39)(H,34,40)(H,41,42)(H,43,44,45). The van der Waals surface area contributed by atoms with Gasteiger partial charge in [0.1, 0.15) is 21.9 Å². The Morgan fingerprint density at radius 3 is 1.87 bits per heavy atom. The van der Waals surface area contributed by atoms with Crippen molar-refractivity contribution in [3.8, 4) is 11.5 Å².